The average molecular weight is 366 g/mol. The van der Waals surface area contributed by atoms with Gasteiger partial charge in [0.15, 0.2) is 0 Å². The van der Waals surface area contributed by atoms with Crippen molar-refractivity contribution >= 4 is 28.8 Å². The number of aryl methyl sites for hydroxylation is 2. The molecule has 0 bridgehead atoms. The molecule has 1 saturated heterocycles. The van der Waals surface area contributed by atoms with Crippen molar-refractivity contribution in [2.45, 2.75) is 38.7 Å². The highest BCUT2D eigenvalue weighted by Gasteiger charge is 2.25. The Labute approximate surface area is 150 Å². The fourth-order valence-electron chi connectivity index (χ4n) is 2.81. The second-order valence-corrected chi connectivity index (χ2v) is 7.37. The lowest BCUT2D eigenvalue weighted by atomic mass is 10.1. The molecule has 0 radical (unpaired) electrons. The third-order valence-electron chi connectivity index (χ3n) is 4.13. The molecular weight excluding hydrogens is 346 g/mol. The molecule has 24 heavy (non-hydrogen) atoms. The van der Waals surface area contributed by atoms with Crippen LogP contribution in [-0.2, 0) is 11.2 Å². The summed E-state index contributed by atoms with van der Waals surface area (Å²) in [4.78, 5) is 23.8. The van der Waals surface area contributed by atoms with Crippen molar-refractivity contribution in [3.63, 3.8) is 0 Å². The third-order valence-corrected chi connectivity index (χ3v) is 5.41. The van der Waals surface area contributed by atoms with Crippen molar-refractivity contribution in [3.05, 3.63) is 39.3 Å². The van der Waals surface area contributed by atoms with Gasteiger partial charge in [0, 0.05) is 17.8 Å². The summed E-state index contributed by atoms with van der Waals surface area (Å²) in [6.45, 7) is 3.48. The average Bonchev–Trinajstić information content (AvgIpc) is 3.00. The zero-order chi connectivity index (χ0) is 16.9. The molecule has 0 saturated carbocycles. The summed E-state index contributed by atoms with van der Waals surface area (Å²) >= 11 is 7.49. The monoisotopic (exact) mass is 365 g/mol. The second-order valence-electron chi connectivity index (χ2n) is 5.93. The summed E-state index contributed by atoms with van der Waals surface area (Å²) < 4.78 is 5.79. The molecule has 0 aliphatic carbocycles. The number of likely N-dealkylation sites (tertiary alicyclic amines) is 1. The van der Waals surface area contributed by atoms with Crippen molar-refractivity contribution in [1.29, 1.82) is 0 Å². The van der Waals surface area contributed by atoms with Crippen LogP contribution < -0.4 is 4.74 Å². The summed E-state index contributed by atoms with van der Waals surface area (Å²) in [5.41, 5.74) is 1.27. The van der Waals surface area contributed by atoms with Crippen molar-refractivity contribution in [2.24, 2.45) is 0 Å². The van der Waals surface area contributed by atoms with Gasteiger partial charge in [0.05, 0.1) is 24.0 Å². The molecule has 2 aromatic rings. The van der Waals surface area contributed by atoms with Gasteiger partial charge >= 0.3 is 6.01 Å². The largest absolute Gasteiger partial charge is 0.458 e. The molecule has 1 amide bonds. The second kappa shape index (κ2) is 7.94. The lowest BCUT2D eigenvalue weighted by molar-refractivity contribution is -0.133. The maximum absolute atomic E-state index is 12.5. The van der Waals surface area contributed by atoms with Crippen LogP contribution in [0.2, 0.25) is 5.02 Å². The van der Waals surface area contributed by atoms with E-state index in [0.717, 1.165) is 25.8 Å². The van der Waals surface area contributed by atoms with Gasteiger partial charge in [0.25, 0.3) is 0 Å². The molecule has 0 spiro atoms. The first kappa shape index (κ1) is 17.2. The number of ether oxygens (including phenoxy) is 1. The Kier molecular flexibility index (Phi) is 5.68. The SMILES string of the molecule is Cc1ccsc1CCC(=O)N1CCCC(Oc2ncc(Cl)cn2)C1. The fraction of sp³-hybridized carbons (Fsp3) is 0.471. The predicted octanol–water partition coefficient (Wildman–Crippen LogP) is 3.50. The third kappa shape index (κ3) is 4.45. The highest BCUT2D eigenvalue weighted by atomic mass is 35.5. The van der Waals surface area contributed by atoms with Gasteiger partial charge < -0.3 is 9.64 Å². The first-order valence-electron chi connectivity index (χ1n) is 8.07. The van der Waals surface area contributed by atoms with E-state index in [1.54, 1.807) is 11.3 Å². The van der Waals surface area contributed by atoms with Gasteiger partial charge in [-0.05, 0) is 43.2 Å². The van der Waals surface area contributed by atoms with E-state index in [-0.39, 0.29) is 12.0 Å². The van der Waals surface area contributed by atoms with E-state index in [1.807, 2.05) is 4.90 Å². The minimum atomic E-state index is -0.0626. The maximum Gasteiger partial charge on any atom is 0.316 e. The first-order valence-corrected chi connectivity index (χ1v) is 9.32. The lowest BCUT2D eigenvalue weighted by Gasteiger charge is -2.32. The minimum Gasteiger partial charge on any atom is -0.458 e. The van der Waals surface area contributed by atoms with Gasteiger partial charge in [-0.25, -0.2) is 9.97 Å². The molecule has 7 heteroatoms. The Morgan fingerprint density at radius 3 is 2.96 bits per heavy atom. The number of halogens is 1. The van der Waals surface area contributed by atoms with Crippen LogP contribution in [0.5, 0.6) is 6.01 Å². The van der Waals surface area contributed by atoms with Gasteiger partial charge in [-0.2, -0.15) is 0 Å². The molecule has 1 aliphatic rings. The van der Waals surface area contributed by atoms with Gasteiger partial charge in [0.2, 0.25) is 5.91 Å². The number of hydrogen-bond donors (Lipinski definition) is 0. The predicted molar refractivity (Wildman–Crippen MR) is 94.6 cm³/mol. The van der Waals surface area contributed by atoms with E-state index >= 15 is 0 Å². The minimum absolute atomic E-state index is 0.0626. The van der Waals surface area contributed by atoms with E-state index in [1.165, 1.54) is 22.8 Å². The Hall–Kier alpha value is -1.66. The zero-order valence-electron chi connectivity index (χ0n) is 13.6. The van der Waals surface area contributed by atoms with Gasteiger partial charge in [-0.15, -0.1) is 11.3 Å². The van der Waals surface area contributed by atoms with E-state index in [0.29, 0.717) is 24.0 Å². The van der Waals surface area contributed by atoms with Crippen LogP contribution in [0.25, 0.3) is 0 Å². The number of aromatic nitrogens is 2. The summed E-state index contributed by atoms with van der Waals surface area (Å²) in [6.07, 6.45) is 6.16. The number of carbonyl (C=O) groups excluding carboxylic acids is 1. The van der Waals surface area contributed by atoms with Crippen LogP contribution in [-0.4, -0.2) is 40.0 Å². The molecule has 3 rings (SSSR count). The number of amides is 1. The van der Waals surface area contributed by atoms with Crippen LogP contribution in [0.4, 0.5) is 0 Å². The standard InChI is InChI=1S/C17H20ClN3O2S/c1-12-6-8-24-15(12)4-5-16(22)21-7-2-3-14(11-21)23-17-19-9-13(18)10-20-17/h6,8-10,14H,2-5,7,11H2,1H3. The summed E-state index contributed by atoms with van der Waals surface area (Å²) in [6, 6.07) is 2.41. The fourth-order valence-corrected chi connectivity index (χ4v) is 3.82. The maximum atomic E-state index is 12.5. The molecule has 0 aromatic carbocycles. The van der Waals surface area contributed by atoms with Crippen LogP contribution in [0.1, 0.15) is 29.7 Å². The molecule has 0 N–H and O–H groups in total. The molecule has 1 aliphatic heterocycles. The lowest BCUT2D eigenvalue weighted by Crippen LogP contribution is -2.44. The molecular formula is C17H20ClN3O2S. The number of piperidine rings is 1. The summed E-state index contributed by atoms with van der Waals surface area (Å²) in [7, 11) is 0. The highest BCUT2D eigenvalue weighted by Crippen LogP contribution is 2.20. The van der Waals surface area contributed by atoms with Crippen LogP contribution in [0.15, 0.2) is 23.8 Å². The van der Waals surface area contributed by atoms with E-state index in [9.17, 15) is 4.79 Å². The van der Waals surface area contributed by atoms with Crippen LogP contribution >= 0.6 is 22.9 Å². The highest BCUT2D eigenvalue weighted by molar-refractivity contribution is 7.10. The molecule has 1 unspecified atom stereocenters. The first-order chi connectivity index (χ1) is 11.6. The van der Waals surface area contributed by atoms with E-state index in [4.69, 9.17) is 16.3 Å². The van der Waals surface area contributed by atoms with Crippen molar-refractivity contribution in [1.82, 2.24) is 14.9 Å². The zero-order valence-corrected chi connectivity index (χ0v) is 15.1. The summed E-state index contributed by atoms with van der Waals surface area (Å²) in [5, 5.41) is 2.55. The number of carbonyl (C=O) groups is 1. The molecule has 1 atom stereocenters. The molecule has 5 nitrogen and oxygen atoms in total. The van der Waals surface area contributed by atoms with Crippen LogP contribution in [0, 0.1) is 6.92 Å². The Morgan fingerprint density at radius 2 is 2.25 bits per heavy atom. The number of thiophene rings is 1. The quantitative estimate of drug-likeness (QED) is 0.813. The summed E-state index contributed by atoms with van der Waals surface area (Å²) in [5.74, 6) is 0.188. The van der Waals surface area contributed by atoms with Crippen molar-refractivity contribution in [3.8, 4) is 6.01 Å². The topological polar surface area (TPSA) is 55.3 Å². The Morgan fingerprint density at radius 1 is 1.46 bits per heavy atom. The molecule has 3 heterocycles. The van der Waals surface area contributed by atoms with E-state index in [2.05, 4.69) is 28.3 Å². The van der Waals surface area contributed by atoms with Crippen molar-refractivity contribution < 1.29 is 9.53 Å². The molecule has 128 valence electrons. The van der Waals surface area contributed by atoms with Crippen molar-refractivity contribution in [2.75, 3.05) is 13.1 Å². The number of nitrogens with zero attached hydrogens (tertiary/aromatic N) is 3. The normalized spacial score (nSPS) is 17.8. The number of rotatable bonds is 5. The smallest absolute Gasteiger partial charge is 0.316 e. The van der Waals surface area contributed by atoms with Gasteiger partial charge in [0.1, 0.15) is 6.10 Å². The van der Waals surface area contributed by atoms with E-state index < -0.39 is 0 Å². The number of hydrogen-bond acceptors (Lipinski definition) is 5. The van der Waals surface area contributed by atoms with Gasteiger partial charge in [-0.3, -0.25) is 4.79 Å². The Balaban J connectivity index is 1.51. The van der Waals surface area contributed by atoms with Crippen LogP contribution in [0.3, 0.4) is 0 Å². The molecule has 1 fully saturated rings. The Bertz CT molecular complexity index is 689. The van der Waals surface area contributed by atoms with Gasteiger partial charge in [-0.1, -0.05) is 11.6 Å². The molecule has 2 aromatic heterocycles.